The minimum Gasteiger partial charge on any atom is -0.395 e. The van der Waals surface area contributed by atoms with Crippen molar-refractivity contribution in [2.45, 2.75) is 75.9 Å². The zero-order valence-corrected chi connectivity index (χ0v) is 18.5. The third-order valence-electron chi connectivity index (χ3n) is 7.26. The Kier molecular flexibility index (Phi) is 7.31. The number of benzene rings is 1. The summed E-state index contributed by atoms with van der Waals surface area (Å²) in [5.41, 5.74) is 3.37. The lowest BCUT2D eigenvalue weighted by atomic mass is 9.92. The lowest BCUT2D eigenvalue weighted by Crippen LogP contribution is -2.35. The number of rotatable bonds is 10. The fourth-order valence-corrected chi connectivity index (χ4v) is 5.41. The number of aliphatic hydroxyl groups excluding tert-OH is 1. The van der Waals surface area contributed by atoms with E-state index in [0.717, 1.165) is 64.5 Å². The van der Waals surface area contributed by atoms with Crippen LogP contribution in [-0.4, -0.2) is 63.9 Å². The van der Waals surface area contributed by atoms with E-state index in [1.54, 1.807) is 0 Å². The molecule has 0 radical (unpaired) electrons. The number of hydrogen-bond donors (Lipinski definition) is 4. The zero-order chi connectivity index (χ0) is 21.7. The Bertz CT molecular complexity index is 872. The molecule has 2 aromatic rings. The third-order valence-corrected chi connectivity index (χ3v) is 7.26. The van der Waals surface area contributed by atoms with E-state index in [0.29, 0.717) is 19.0 Å². The Balaban J connectivity index is 1.37. The van der Waals surface area contributed by atoms with Crippen molar-refractivity contribution in [2.75, 3.05) is 26.2 Å². The number of aryl methyl sites for hydroxylation is 1. The molecule has 1 aromatic heterocycles. The third kappa shape index (κ3) is 5.68. The molecule has 6 nitrogen and oxygen atoms in total. The maximum absolute atomic E-state index is 11.9. The molecule has 31 heavy (non-hydrogen) atoms. The van der Waals surface area contributed by atoms with Gasteiger partial charge in [0.2, 0.25) is 5.91 Å². The highest BCUT2D eigenvalue weighted by molar-refractivity contribution is 5.84. The molecule has 1 saturated carbocycles. The first-order chi connectivity index (χ1) is 15.1. The van der Waals surface area contributed by atoms with E-state index in [9.17, 15) is 9.90 Å². The van der Waals surface area contributed by atoms with Gasteiger partial charge in [0.1, 0.15) is 0 Å². The first-order valence-corrected chi connectivity index (χ1v) is 12.0. The van der Waals surface area contributed by atoms with Crippen molar-refractivity contribution in [2.24, 2.45) is 0 Å². The minimum atomic E-state index is -0.455. The van der Waals surface area contributed by atoms with Gasteiger partial charge in [0, 0.05) is 42.7 Å². The molecule has 0 spiro atoms. The van der Waals surface area contributed by atoms with Crippen molar-refractivity contribution in [3.63, 3.8) is 0 Å². The topological polar surface area (TPSA) is 88.6 Å². The second-order valence-corrected chi connectivity index (χ2v) is 9.49. The van der Waals surface area contributed by atoms with Gasteiger partial charge < -0.3 is 20.5 Å². The number of nitrogens with zero attached hydrogens (tertiary/aromatic N) is 1. The number of aromatic amines is 1. The molecule has 0 unspecified atom stereocenters. The van der Waals surface area contributed by atoms with Crippen molar-refractivity contribution in [3.05, 3.63) is 35.5 Å². The standard InChI is InChI=1S/C25H37N3O3/c29-15-12-26-24(30)8-14-28-13-3-4-21(28)17-20-18-27-23-6-5-19(16-22(20)23)7-11-25(31)9-1-2-10-25/h5-6,16,18,21,27,29,31H,1-4,7-15,17H2,(H,26,30)/t21-/m1/s1. The maximum atomic E-state index is 11.9. The summed E-state index contributed by atoms with van der Waals surface area (Å²) in [7, 11) is 0. The van der Waals surface area contributed by atoms with E-state index in [4.69, 9.17) is 5.11 Å². The monoisotopic (exact) mass is 427 g/mol. The van der Waals surface area contributed by atoms with Crippen LogP contribution in [0.2, 0.25) is 0 Å². The Morgan fingerprint density at radius 1 is 1.26 bits per heavy atom. The first-order valence-electron chi connectivity index (χ1n) is 12.0. The Labute approximate surface area is 185 Å². The van der Waals surface area contributed by atoms with Crippen molar-refractivity contribution >= 4 is 16.8 Å². The summed E-state index contributed by atoms with van der Waals surface area (Å²) in [6.45, 7) is 2.13. The number of carbonyl (C=O) groups is 1. The molecule has 6 heteroatoms. The van der Waals surface area contributed by atoms with E-state index in [1.165, 1.54) is 28.5 Å². The van der Waals surface area contributed by atoms with Gasteiger partial charge in [-0.25, -0.2) is 0 Å². The van der Waals surface area contributed by atoms with Gasteiger partial charge in [-0.3, -0.25) is 9.69 Å². The fraction of sp³-hybridized carbons (Fsp3) is 0.640. The number of hydrogen-bond acceptors (Lipinski definition) is 4. The molecule has 1 amide bonds. The van der Waals surface area contributed by atoms with Crippen LogP contribution in [-0.2, 0) is 17.6 Å². The molecular formula is C25H37N3O3. The molecule has 1 aliphatic carbocycles. The van der Waals surface area contributed by atoms with Crippen LogP contribution in [0, 0.1) is 0 Å². The lowest BCUT2D eigenvalue weighted by molar-refractivity contribution is -0.121. The predicted octanol–water partition coefficient (Wildman–Crippen LogP) is 2.91. The summed E-state index contributed by atoms with van der Waals surface area (Å²) in [4.78, 5) is 17.8. The molecule has 1 atom stereocenters. The molecule has 0 bridgehead atoms. The van der Waals surface area contributed by atoms with Crippen LogP contribution in [0.25, 0.3) is 10.9 Å². The molecule has 1 aromatic carbocycles. The fourth-order valence-electron chi connectivity index (χ4n) is 5.41. The smallest absolute Gasteiger partial charge is 0.221 e. The summed E-state index contributed by atoms with van der Waals surface area (Å²) in [5, 5.41) is 23.6. The van der Waals surface area contributed by atoms with Gasteiger partial charge in [-0.2, -0.15) is 0 Å². The zero-order valence-electron chi connectivity index (χ0n) is 18.5. The number of aromatic nitrogens is 1. The van der Waals surface area contributed by atoms with E-state index in [1.807, 2.05) is 0 Å². The molecule has 2 aliphatic rings. The van der Waals surface area contributed by atoms with Gasteiger partial charge in [0.05, 0.1) is 12.2 Å². The largest absolute Gasteiger partial charge is 0.395 e. The quantitative estimate of drug-likeness (QED) is 0.469. The highest BCUT2D eigenvalue weighted by Gasteiger charge is 2.30. The summed E-state index contributed by atoms with van der Waals surface area (Å²) in [6, 6.07) is 7.13. The first kappa shape index (κ1) is 22.3. The van der Waals surface area contributed by atoms with Crippen LogP contribution >= 0.6 is 0 Å². The van der Waals surface area contributed by atoms with E-state index in [2.05, 4.69) is 39.6 Å². The second-order valence-electron chi connectivity index (χ2n) is 9.49. The molecule has 1 aliphatic heterocycles. The molecule has 2 fully saturated rings. The number of aliphatic hydroxyl groups is 2. The summed E-state index contributed by atoms with van der Waals surface area (Å²) in [5.74, 6) is 0.0142. The van der Waals surface area contributed by atoms with Gasteiger partial charge in [-0.15, -0.1) is 0 Å². The Morgan fingerprint density at radius 3 is 2.90 bits per heavy atom. The average Bonchev–Trinajstić information content (AvgIpc) is 3.50. The number of nitrogens with one attached hydrogen (secondary N) is 2. The van der Waals surface area contributed by atoms with E-state index < -0.39 is 5.60 Å². The second kappa shape index (κ2) is 10.2. The van der Waals surface area contributed by atoms with Gasteiger partial charge in [0.15, 0.2) is 0 Å². The van der Waals surface area contributed by atoms with E-state index in [-0.39, 0.29) is 12.5 Å². The summed E-state index contributed by atoms with van der Waals surface area (Å²) in [6.07, 6.45) is 11.9. The number of fused-ring (bicyclic) bond motifs is 1. The molecular weight excluding hydrogens is 390 g/mol. The van der Waals surface area contributed by atoms with Crippen molar-refractivity contribution in [1.29, 1.82) is 0 Å². The number of likely N-dealkylation sites (tertiary alicyclic amines) is 1. The molecule has 2 heterocycles. The number of carbonyl (C=O) groups excluding carboxylic acids is 1. The normalized spacial score (nSPS) is 21.2. The molecule has 1 saturated heterocycles. The Hall–Kier alpha value is -1.89. The molecule has 4 rings (SSSR count). The van der Waals surface area contributed by atoms with Crippen LogP contribution < -0.4 is 5.32 Å². The van der Waals surface area contributed by atoms with E-state index >= 15 is 0 Å². The summed E-state index contributed by atoms with van der Waals surface area (Å²) >= 11 is 0. The van der Waals surface area contributed by atoms with Crippen molar-refractivity contribution in [3.8, 4) is 0 Å². The van der Waals surface area contributed by atoms with Crippen LogP contribution in [0.1, 0.15) is 62.5 Å². The Morgan fingerprint density at radius 2 is 2.10 bits per heavy atom. The average molecular weight is 428 g/mol. The van der Waals surface area contributed by atoms with Crippen molar-refractivity contribution < 1.29 is 15.0 Å². The lowest BCUT2D eigenvalue weighted by Gasteiger charge is -2.24. The summed E-state index contributed by atoms with van der Waals surface area (Å²) < 4.78 is 0. The minimum absolute atomic E-state index is 0.0140. The molecule has 4 N–H and O–H groups in total. The van der Waals surface area contributed by atoms with Crippen LogP contribution in [0.4, 0.5) is 0 Å². The van der Waals surface area contributed by atoms with Gasteiger partial charge >= 0.3 is 0 Å². The van der Waals surface area contributed by atoms with Crippen LogP contribution in [0.15, 0.2) is 24.4 Å². The molecule has 170 valence electrons. The van der Waals surface area contributed by atoms with Crippen LogP contribution in [0.3, 0.4) is 0 Å². The van der Waals surface area contributed by atoms with Gasteiger partial charge in [0.25, 0.3) is 0 Å². The van der Waals surface area contributed by atoms with Crippen molar-refractivity contribution in [1.82, 2.24) is 15.2 Å². The van der Waals surface area contributed by atoms with Gasteiger partial charge in [-0.1, -0.05) is 18.9 Å². The number of H-pyrrole nitrogens is 1. The highest BCUT2D eigenvalue weighted by atomic mass is 16.3. The number of amides is 1. The highest BCUT2D eigenvalue weighted by Crippen LogP contribution is 2.34. The maximum Gasteiger partial charge on any atom is 0.221 e. The van der Waals surface area contributed by atoms with Gasteiger partial charge in [-0.05, 0) is 74.8 Å². The predicted molar refractivity (Wildman–Crippen MR) is 123 cm³/mol. The SMILES string of the molecule is O=C(CCN1CCC[C@@H]1Cc1c[nH]c2ccc(CCC3(O)CCCC3)cc12)NCCO. The van der Waals surface area contributed by atoms with Crippen LogP contribution in [0.5, 0.6) is 0 Å².